The van der Waals surface area contributed by atoms with Crippen molar-refractivity contribution in [3.8, 4) is 0 Å². The van der Waals surface area contributed by atoms with Crippen LogP contribution in [0.1, 0.15) is 32.3 Å². The SMILES string of the molecule is COCC1CCCN(c2ncc(CNC(C)C)cc2Cl)C1. The first-order chi connectivity index (χ1) is 10.1. The Kier molecular flexibility index (Phi) is 6.27. The van der Waals surface area contributed by atoms with Crippen LogP contribution in [0.15, 0.2) is 12.3 Å². The van der Waals surface area contributed by atoms with Gasteiger partial charge in [-0.1, -0.05) is 25.4 Å². The van der Waals surface area contributed by atoms with Gasteiger partial charge >= 0.3 is 0 Å². The molecule has 1 aliphatic rings. The molecule has 2 heterocycles. The Morgan fingerprint density at radius 1 is 1.52 bits per heavy atom. The van der Waals surface area contributed by atoms with Crippen molar-refractivity contribution in [1.29, 1.82) is 0 Å². The molecule has 0 saturated carbocycles. The summed E-state index contributed by atoms with van der Waals surface area (Å²) in [6, 6.07) is 2.49. The molecule has 1 atom stereocenters. The molecule has 2 rings (SSSR count). The second-order valence-electron chi connectivity index (χ2n) is 6.09. The molecule has 1 aromatic heterocycles. The number of halogens is 1. The molecule has 0 aromatic carbocycles. The zero-order chi connectivity index (χ0) is 15.2. The van der Waals surface area contributed by atoms with Crippen molar-refractivity contribution in [1.82, 2.24) is 10.3 Å². The van der Waals surface area contributed by atoms with Gasteiger partial charge in [-0.15, -0.1) is 0 Å². The van der Waals surface area contributed by atoms with Crippen LogP contribution >= 0.6 is 11.6 Å². The van der Waals surface area contributed by atoms with E-state index in [0.29, 0.717) is 12.0 Å². The third kappa shape index (κ3) is 4.83. The summed E-state index contributed by atoms with van der Waals surface area (Å²) in [4.78, 5) is 6.87. The first-order valence-corrected chi connectivity index (χ1v) is 8.09. The Hall–Kier alpha value is -0.840. The van der Waals surface area contributed by atoms with Gasteiger partial charge in [0.05, 0.1) is 11.6 Å². The molecule has 118 valence electrons. The molecular weight excluding hydrogens is 286 g/mol. The van der Waals surface area contributed by atoms with Gasteiger partial charge in [-0.25, -0.2) is 4.98 Å². The summed E-state index contributed by atoms with van der Waals surface area (Å²) in [6.07, 6.45) is 4.32. The Morgan fingerprint density at radius 2 is 2.33 bits per heavy atom. The van der Waals surface area contributed by atoms with Crippen LogP contribution < -0.4 is 10.2 Å². The van der Waals surface area contributed by atoms with Crippen LogP contribution in [0.5, 0.6) is 0 Å². The fraction of sp³-hybridized carbons (Fsp3) is 0.688. The number of hydrogen-bond donors (Lipinski definition) is 1. The number of nitrogens with zero attached hydrogens (tertiary/aromatic N) is 2. The van der Waals surface area contributed by atoms with Gasteiger partial charge in [-0.3, -0.25) is 0 Å². The minimum atomic E-state index is 0.459. The minimum absolute atomic E-state index is 0.459. The summed E-state index contributed by atoms with van der Waals surface area (Å²) in [5.41, 5.74) is 1.13. The molecule has 5 heteroatoms. The lowest BCUT2D eigenvalue weighted by molar-refractivity contribution is 0.143. The molecule has 4 nitrogen and oxygen atoms in total. The van der Waals surface area contributed by atoms with Crippen molar-refractivity contribution >= 4 is 17.4 Å². The maximum absolute atomic E-state index is 6.44. The van der Waals surface area contributed by atoms with Gasteiger partial charge in [0, 0.05) is 39.0 Å². The van der Waals surface area contributed by atoms with Crippen LogP contribution in [-0.4, -0.2) is 37.8 Å². The van der Waals surface area contributed by atoms with E-state index in [2.05, 4.69) is 29.0 Å². The van der Waals surface area contributed by atoms with E-state index in [0.717, 1.165) is 42.6 Å². The molecule has 0 bridgehead atoms. The normalized spacial score (nSPS) is 19.3. The van der Waals surface area contributed by atoms with E-state index in [9.17, 15) is 0 Å². The van der Waals surface area contributed by atoms with Crippen LogP contribution in [0.2, 0.25) is 5.02 Å². The Balaban J connectivity index is 2.02. The summed E-state index contributed by atoms with van der Waals surface area (Å²) >= 11 is 6.44. The third-order valence-electron chi connectivity index (χ3n) is 3.81. The van der Waals surface area contributed by atoms with Crippen molar-refractivity contribution in [3.05, 3.63) is 22.8 Å². The number of aromatic nitrogens is 1. The molecule has 0 amide bonds. The Morgan fingerprint density at radius 3 is 3.00 bits per heavy atom. The van der Waals surface area contributed by atoms with E-state index in [-0.39, 0.29) is 0 Å². The smallest absolute Gasteiger partial charge is 0.147 e. The average Bonchev–Trinajstić information content (AvgIpc) is 2.46. The highest BCUT2D eigenvalue weighted by atomic mass is 35.5. The van der Waals surface area contributed by atoms with E-state index < -0.39 is 0 Å². The lowest BCUT2D eigenvalue weighted by atomic mass is 9.99. The monoisotopic (exact) mass is 311 g/mol. The van der Waals surface area contributed by atoms with Crippen LogP contribution in [0.4, 0.5) is 5.82 Å². The van der Waals surface area contributed by atoms with E-state index in [1.807, 2.05) is 12.3 Å². The van der Waals surface area contributed by atoms with Gasteiger partial charge in [-0.2, -0.15) is 0 Å². The molecule has 1 saturated heterocycles. The van der Waals surface area contributed by atoms with Gasteiger partial charge in [0.15, 0.2) is 0 Å². The zero-order valence-corrected chi connectivity index (χ0v) is 14.0. The standard InChI is InChI=1S/C16H26ClN3O/c1-12(2)18-8-14-7-15(17)16(19-9-14)20-6-4-5-13(10-20)11-21-3/h7,9,12-13,18H,4-6,8,10-11H2,1-3H3. The van der Waals surface area contributed by atoms with Crippen molar-refractivity contribution in [2.75, 3.05) is 31.7 Å². The largest absolute Gasteiger partial charge is 0.384 e. The van der Waals surface area contributed by atoms with E-state index in [4.69, 9.17) is 16.3 Å². The first-order valence-electron chi connectivity index (χ1n) is 7.72. The maximum Gasteiger partial charge on any atom is 0.147 e. The molecular formula is C16H26ClN3O. The summed E-state index contributed by atoms with van der Waals surface area (Å²) in [5.74, 6) is 1.48. The second kappa shape index (κ2) is 7.97. The highest BCUT2D eigenvalue weighted by molar-refractivity contribution is 6.33. The lowest BCUT2D eigenvalue weighted by Crippen LogP contribution is -2.37. The predicted molar refractivity (Wildman–Crippen MR) is 88.0 cm³/mol. The number of hydrogen-bond acceptors (Lipinski definition) is 4. The molecule has 1 aliphatic heterocycles. The van der Waals surface area contributed by atoms with Crippen LogP contribution in [0, 0.1) is 5.92 Å². The van der Waals surface area contributed by atoms with E-state index >= 15 is 0 Å². The molecule has 0 radical (unpaired) electrons. The van der Waals surface area contributed by atoms with Crippen molar-refractivity contribution in [2.24, 2.45) is 5.92 Å². The number of piperidine rings is 1. The third-order valence-corrected chi connectivity index (χ3v) is 4.09. The van der Waals surface area contributed by atoms with Gasteiger partial charge in [0.2, 0.25) is 0 Å². The molecule has 1 N–H and O–H groups in total. The number of pyridine rings is 1. The number of rotatable bonds is 6. The minimum Gasteiger partial charge on any atom is -0.384 e. The quantitative estimate of drug-likeness (QED) is 0.876. The van der Waals surface area contributed by atoms with Crippen LogP contribution in [0.3, 0.4) is 0 Å². The number of methoxy groups -OCH3 is 1. The fourth-order valence-corrected chi connectivity index (χ4v) is 3.06. The molecule has 1 aromatic rings. The summed E-state index contributed by atoms with van der Waals surface area (Å²) in [5, 5.41) is 4.13. The van der Waals surface area contributed by atoms with E-state index in [1.165, 1.54) is 12.8 Å². The molecule has 21 heavy (non-hydrogen) atoms. The maximum atomic E-state index is 6.44. The summed E-state index contributed by atoms with van der Waals surface area (Å²) in [6.45, 7) is 7.88. The summed E-state index contributed by atoms with van der Waals surface area (Å²) in [7, 11) is 1.76. The zero-order valence-electron chi connectivity index (χ0n) is 13.2. The molecule has 1 unspecified atom stereocenters. The van der Waals surface area contributed by atoms with Gasteiger partial charge in [0.25, 0.3) is 0 Å². The number of ether oxygens (including phenoxy) is 1. The van der Waals surface area contributed by atoms with E-state index in [1.54, 1.807) is 7.11 Å². The molecule has 0 spiro atoms. The molecule has 1 fully saturated rings. The summed E-state index contributed by atoms with van der Waals surface area (Å²) < 4.78 is 5.28. The fourth-order valence-electron chi connectivity index (χ4n) is 2.75. The first kappa shape index (κ1) is 16.5. The number of anilines is 1. The van der Waals surface area contributed by atoms with Crippen molar-refractivity contribution in [3.63, 3.8) is 0 Å². The highest BCUT2D eigenvalue weighted by Crippen LogP contribution is 2.28. The lowest BCUT2D eigenvalue weighted by Gasteiger charge is -2.33. The predicted octanol–water partition coefficient (Wildman–Crippen LogP) is 3.10. The van der Waals surface area contributed by atoms with Gasteiger partial charge in [-0.05, 0) is 30.4 Å². The van der Waals surface area contributed by atoms with Crippen molar-refractivity contribution < 1.29 is 4.74 Å². The van der Waals surface area contributed by atoms with Crippen LogP contribution in [-0.2, 0) is 11.3 Å². The van der Waals surface area contributed by atoms with Crippen molar-refractivity contribution in [2.45, 2.75) is 39.3 Å². The highest BCUT2D eigenvalue weighted by Gasteiger charge is 2.22. The average molecular weight is 312 g/mol. The van der Waals surface area contributed by atoms with Crippen LogP contribution in [0.25, 0.3) is 0 Å². The van der Waals surface area contributed by atoms with Gasteiger partial charge in [0.1, 0.15) is 5.82 Å². The Labute approximate surface area is 132 Å². The topological polar surface area (TPSA) is 37.4 Å². The number of nitrogens with one attached hydrogen (secondary N) is 1. The Bertz CT molecular complexity index is 451. The second-order valence-corrected chi connectivity index (χ2v) is 6.50. The van der Waals surface area contributed by atoms with Gasteiger partial charge < -0.3 is 15.0 Å². The molecule has 0 aliphatic carbocycles.